The van der Waals surface area contributed by atoms with Crippen molar-refractivity contribution in [2.75, 3.05) is 19.8 Å². The summed E-state index contributed by atoms with van der Waals surface area (Å²) in [5.41, 5.74) is 0. The van der Waals surface area contributed by atoms with E-state index >= 15 is 0 Å². The molecule has 14 heavy (non-hydrogen) atoms. The Balaban J connectivity index is 3.64. The standard InChI is InChI=1S/C9H19NO4/c1-3-7(2)4-10-9(13)14-8(5-11)6-12/h7-8,11-12H,3-6H2,1-2H3,(H,10,13). The van der Waals surface area contributed by atoms with Gasteiger partial charge in [0.1, 0.15) is 6.10 Å². The van der Waals surface area contributed by atoms with Gasteiger partial charge in [-0.15, -0.1) is 0 Å². The maximum absolute atomic E-state index is 11.0. The molecule has 84 valence electrons. The molecule has 0 fully saturated rings. The molecule has 3 N–H and O–H groups in total. The van der Waals surface area contributed by atoms with E-state index in [0.717, 1.165) is 6.42 Å². The highest BCUT2D eigenvalue weighted by Gasteiger charge is 2.12. The summed E-state index contributed by atoms with van der Waals surface area (Å²) in [5.74, 6) is 0.393. The third-order valence-electron chi connectivity index (χ3n) is 1.97. The number of hydrogen-bond acceptors (Lipinski definition) is 4. The first-order valence-corrected chi connectivity index (χ1v) is 4.80. The Labute approximate surface area is 84.1 Å². The lowest BCUT2D eigenvalue weighted by molar-refractivity contribution is 0.0219. The highest BCUT2D eigenvalue weighted by Crippen LogP contribution is 1.98. The maximum atomic E-state index is 11.0. The third-order valence-corrected chi connectivity index (χ3v) is 1.97. The first kappa shape index (κ1) is 13.2. The minimum atomic E-state index is -0.827. The smallest absolute Gasteiger partial charge is 0.407 e. The van der Waals surface area contributed by atoms with E-state index in [1.807, 2.05) is 13.8 Å². The predicted octanol–water partition coefficient (Wildman–Crippen LogP) is 0.112. The number of amides is 1. The number of carbonyl (C=O) groups is 1. The zero-order valence-electron chi connectivity index (χ0n) is 8.69. The van der Waals surface area contributed by atoms with Gasteiger partial charge < -0.3 is 20.3 Å². The van der Waals surface area contributed by atoms with Gasteiger partial charge >= 0.3 is 6.09 Å². The molecule has 5 nitrogen and oxygen atoms in total. The van der Waals surface area contributed by atoms with E-state index in [9.17, 15) is 4.79 Å². The second-order valence-electron chi connectivity index (χ2n) is 3.29. The minimum absolute atomic E-state index is 0.368. The zero-order chi connectivity index (χ0) is 11.0. The molecular formula is C9H19NO4. The van der Waals surface area contributed by atoms with Crippen LogP contribution in [0.25, 0.3) is 0 Å². The third kappa shape index (κ3) is 5.77. The van der Waals surface area contributed by atoms with Gasteiger partial charge in [-0.2, -0.15) is 0 Å². The molecule has 0 saturated heterocycles. The molecule has 1 atom stereocenters. The van der Waals surface area contributed by atoms with Gasteiger partial charge in [-0.3, -0.25) is 0 Å². The van der Waals surface area contributed by atoms with Gasteiger partial charge in [0.15, 0.2) is 0 Å². The van der Waals surface area contributed by atoms with Crippen LogP contribution in [0.1, 0.15) is 20.3 Å². The number of alkyl carbamates (subject to hydrolysis) is 1. The first-order valence-electron chi connectivity index (χ1n) is 4.80. The summed E-state index contributed by atoms with van der Waals surface area (Å²) in [6, 6.07) is 0. The van der Waals surface area contributed by atoms with E-state index in [0.29, 0.717) is 12.5 Å². The quantitative estimate of drug-likeness (QED) is 0.575. The van der Waals surface area contributed by atoms with Gasteiger partial charge in [0, 0.05) is 6.54 Å². The second-order valence-corrected chi connectivity index (χ2v) is 3.29. The topological polar surface area (TPSA) is 78.8 Å². The van der Waals surface area contributed by atoms with Crippen LogP contribution in [0.15, 0.2) is 0 Å². The lowest BCUT2D eigenvalue weighted by Crippen LogP contribution is -2.34. The molecule has 0 bridgehead atoms. The SMILES string of the molecule is CCC(C)CNC(=O)OC(CO)CO. The molecule has 0 aliphatic carbocycles. The molecule has 0 aromatic heterocycles. The van der Waals surface area contributed by atoms with Crippen molar-refractivity contribution in [3.63, 3.8) is 0 Å². The molecule has 1 amide bonds. The van der Waals surface area contributed by atoms with Crippen molar-refractivity contribution in [3.8, 4) is 0 Å². The fourth-order valence-electron chi connectivity index (χ4n) is 0.727. The number of hydrogen-bond donors (Lipinski definition) is 3. The lowest BCUT2D eigenvalue weighted by Gasteiger charge is -2.14. The number of aliphatic hydroxyl groups is 2. The van der Waals surface area contributed by atoms with Crippen LogP contribution in [-0.4, -0.2) is 42.2 Å². The number of ether oxygens (including phenoxy) is 1. The second kappa shape index (κ2) is 7.58. The van der Waals surface area contributed by atoms with Crippen molar-refractivity contribution in [2.45, 2.75) is 26.4 Å². The molecule has 0 spiro atoms. The minimum Gasteiger partial charge on any atom is -0.441 e. The largest absolute Gasteiger partial charge is 0.441 e. The number of carbonyl (C=O) groups excluding carboxylic acids is 1. The molecule has 0 radical (unpaired) electrons. The van der Waals surface area contributed by atoms with E-state index in [4.69, 9.17) is 14.9 Å². The Morgan fingerprint density at radius 3 is 2.43 bits per heavy atom. The van der Waals surface area contributed by atoms with Gasteiger partial charge in [0.25, 0.3) is 0 Å². The van der Waals surface area contributed by atoms with Crippen LogP contribution in [0.3, 0.4) is 0 Å². The summed E-state index contributed by atoms with van der Waals surface area (Å²) in [5, 5.41) is 19.8. The van der Waals surface area contributed by atoms with Gasteiger partial charge in [-0.25, -0.2) is 4.79 Å². The van der Waals surface area contributed by atoms with E-state index < -0.39 is 12.2 Å². The summed E-state index contributed by atoms with van der Waals surface area (Å²) in [7, 11) is 0. The van der Waals surface area contributed by atoms with E-state index in [1.165, 1.54) is 0 Å². The van der Waals surface area contributed by atoms with Crippen molar-refractivity contribution in [3.05, 3.63) is 0 Å². The van der Waals surface area contributed by atoms with Crippen molar-refractivity contribution in [2.24, 2.45) is 5.92 Å². The molecule has 0 aromatic carbocycles. The van der Waals surface area contributed by atoms with Crippen molar-refractivity contribution >= 4 is 6.09 Å². The Kier molecular flexibility index (Phi) is 7.14. The van der Waals surface area contributed by atoms with E-state index in [1.54, 1.807) is 0 Å². The molecule has 1 unspecified atom stereocenters. The van der Waals surface area contributed by atoms with E-state index in [2.05, 4.69) is 5.32 Å². The average molecular weight is 205 g/mol. The van der Waals surface area contributed by atoms with Crippen LogP contribution >= 0.6 is 0 Å². The fourth-order valence-corrected chi connectivity index (χ4v) is 0.727. The monoisotopic (exact) mass is 205 g/mol. The molecule has 0 rings (SSSR count). The maximum Gasteiger partial charge on any atom is 0.407 e. The number of nitrogens with one attached hydrogen (secondary N) is 1. The molecule has 0 saturated carbocycles. The van der Waals surface area contributed by atoms with Crippen LogP contribution in [0.4, 0.5) is 4.79 Å². The van der Waals surface area contributed by atoms with Gasteiger partial charge in [0.05, 0.1) is 13.2 Å². The van der Waals surface area contributed by atoms with Gasteiger partial charge in [-0.1, -0.05) is 20.3 Å². The Hall–Kier alpha value is -0.810. The average Bonchev–Trinajstić information content (AvgIpc) is 2.22. The highest BCUT2D eigenvalue weighted by atomic mass is 16.6. The van der Waals surface area contributed by atoms with Crippen molar-refractivity contribution in [1.29, 1.82) is 0 Å². The predicted molar refractivity (Wildman–Crippen MR) is 51.9 cm³/mol. The lowest BCUT2D eigenvalue weighted by atomic mass is 10.1. The summed E-state index contributed by atoms with van der Waals surface area (Å²) >= 11 is 0. The first-order chi connectivity index (χ1) is 6.63. The molecule has 0 aromatic rings. The summed E-state index contributed by atoms with van der Waals surface area (Å²) < 4.78 is 4.69. The van der Waals surface area contributed by atoms with E-state index in [-0.39, 0.29) is 13.2 Å². The molecule has 0 aliphatic heterocycles. The Bertz CT molecular complexity index is 159. The van der Waals surface area contributed by atoms with Crippen LogP contribution in [-0.2, 0) is 4.74 Å². The van der Waals surface area contributed by atoms with Crippen LogP contribution in [0, 0.1) is 5.92 Å². The number of aliphatic hydroxyl groups excluding tert-OH is 2. The molecule has 5 heteroatoms. The molecular weight excluding hydrogens is 186 g/mol. The Morgan fingerprint density at radius 1 is 1.43 bits per heavy atom. The molecule has 0 heterocycles. The number of rotatable bonds is 6. The van der Waals surface area contributed by atoms with Crippen LogP contribution < -0.4 is 5.32 Å². The normalized spacial score (nSPS) is 12.6. The van der Waals surface area contributed by atoms with Gasteiger partial charge in [-0.05, 0) is 5.92 Å². The van der Waals surface area contributed by atoms with Gasteiger partial charge in [0.2, 0.25) is 0 Å². The summed E-state index contributed by atoms with van der Waals surface area (Å²) in [6.07, 6.45) is -0.450. The highest BCUT2D eigenvalue weighted by molar-refractivity contribution is 5.67. The fraction of sp³-hybridized carbons (Fsp3) is 0.889. The summed E-state index contributed by atoms with van der Waals surface area (Å²) in [4.78, 5) is 11.0. The van der Waals surface area contributed by atoms with Crippen molar-refractivity contribution in [1.82, 2.24) is 5.32 Å². The zero-order valence-corrected chi connectivity index (χ0v) is 8.69. The summed E-state index contributed by atoms with van der Waals surface area (Å²) in [6.45, 7) is 3.84. The molecule has 0 aliphatic rings. The van der Waals surface area contributed by atoms with Crippen molar-refractivity contribution < 1.29 is 19.7 Å². The Morgan fingerprint density at radius 2 is 2.00 bits per heavy atom. The van der Waals surface area contributed by atoms with Crippen LogP contribution in [0.2, 0.25) is 0 Å². The van der Waals surface area contributed by atoms with Crippen LogP contribution in [0.5, 0.6) is 0 Å².